The van der Waals surface area contributed by atoms with Gasteiger partial charge in [0.2, 0.25) is 13.9 Å². The van der Waals surface area contributed by atoms with Crippen molar-refractivity contribution in [3.05, 3.63) is 59.1 Å². The van der Waals surface area contributed by atoms with Crippen LogP contribution >= 0.6 is 0 Å². The van der Waals surface area contributed by atoms with Gasteiger partial charge in [0.25, 0.3) is 0 Å². The summed E-state index contributed by atoms with van der Waals surface area (Å²) >= 11 is 0. The second kappa shape index (κ2) is 6.76. The van der Waals surface area contributed by atoms with Gasteiger partial charge in [-0.25, -0.2) is 4.98 Å². The van der Waals surface area contributed by atoms with Crippen LogP contribution in [0.2, 0.25) is 19.6 Å². The molecule has 0 amide bonds. The van der Waals surface area contributed by atoms with Crippen LogP contribution in [0.4, 0.5) is 0 Å². The highest BCUT2D eigenvalue weighted by Crippen LogP contribution is 2.10. The Morgan fingerprint density at radius 3 is 2.22 bits per heavy atom. The van der Waals surface area contributed by atoms with Crippen molar-refractivity contribution >= 4 is 8.32 Å². The van der Waals surface area contributed by atoms with Crippen LogP contribution in [0, 0.1) is 0 Å². The van der Waals surface area contributed by atoms with Crippen molar-refractivity contribution in [2.45, 2.75) is 19.6 Å². The molecule has 2 heterocycles. The summed E-state index contributed by atoms with van der Waals surface area (Å²) in [6, 6.07) is 10.6. The quantitative estimate of drug-likeness (QED) is 0.847. The first kappa shape index (κ1) is 14.2. The van der Waals surface area contributed by atoms with E-state index >= 15 is 0 Å². The lowest BCUT2D eigenvalue weighted by Gasteiger charge is -2.17. The van der Waals surface area contributed by atoms with Crippen LogP contribution in [-0.4, -0.2) is 18.3 Å². The van der Waals surface area contributed by atoms with Gasteiger partial charge in [-0.1, -0.05) is 12.1 Å². The van der Waals surface area contributed by atoms with E-state index < -0.39 is 8.32 Å². The molecule has 0 aliphatic carbocycles. The summed E-state index contributed by atoms with van der Waals surface area (Å²) in [4.78, 5) is 16.8. The highest BCUT2D eigenvalue weighted by atomic mass is 28.4. The fourth-order valence-corrected chi connectivity index (χ4v) is 1.85. The van der Waals surface area contributed by atoms with Crippen LogP contribution < -0.4 is 9.99 Å². The highest BCUT2D eigenvalue weighted by molar-refractivity contribution is 6.70. The molecule has 2 aromatic rings. The molecule has 0 bridgehead atoms. The van der Waals surface area contributed by atoms with Gasteiger partial charge in [0.05, 0.1) is 0 Å². The SMILES string of the molecule is C[Si](C)(C)Oc1ccccn1.O=c1cccc[nH]1. The number of H-pyrrole nitrogens is 1. The van der Waals surface area contributed by atoms with E-state index in [1.54, 1.807) is 24.5 Å². The lowest BCUT2D eigenvalue weighted by Crippen LogP contribution is -2.29. The molecule has 0 aliphatic rings. The van der Waals surface area contributed by atoms with Crippen molar-refractivity contribution in [3.63, 3.8) is 0 Å². The molecule has 18 heavy (non-hydrogen) atoms. The van der Waals surface area contributed by atoms with Gasteiger partial charge in [-0.2, -0.15) is 0 Å². The molecule has 0 spiro atoms. The van der Waals surface area contributed by atoms with Gasteiger partial charge in [-0.3, -0.25) is 4.79 Å². The number of nitrogens with one attached hydrogen (secondary N) is 1. The molecule has 0 unspecified atom stereocenters. The summed E-state index contributed by atoms with van der Waals surface area (Å²) in [5.74, 6) is 0.742. The van der Waals surface area contributed by atoms with Gasteiger partial charge < -0.3 is 9.41 Å². The Bertz CT molecular complexity index is 489. The molecule has 5 heteroatoms. The normalized spacial score (nSPS) is 10.2. The fraction of sp³-hybridized carbons (Fsp3) is 0.231. The average Bonchev–Trinajstić information content (AvgIpc) is 2.30. The first-order chi connectivity index (χ1) is 8.47. The van der Waals surface area contributed by atoms with E-state index in [9.17, 15) is 4.79 Å². The molecule has 0 saturated carbocycles. The minimum absolute atomic E-state index is 0.0532. The molecular weight excluding hydrogens is 244 g/mol. The van der Waals surface area contributed by atoms with Gasteiger partial charge >= 0.3 is 0 Å². The third-order valence-corrected chi connectivity index (χ3v) is 2.55. The fourth-order valence-electron chi connectivity index (χ4n) is 1.10. The van der Waals surface area contributed by atoms with Crippen molar-refractivity contribution in [2.24, 2.45) is 0 Å². The van der Waals surface area contributed by atoms with Gasteiger partial charge in [0.15, 0.2) is 5.88 Å². The van der Waals surface area contributed by atoms with E-state index in [1.165, 1.54) is 6.07 Å². The Kier molecular flexibility index (Phi) is 5.32. The Morgan fingerprint density at radius 1 is 1.11 bits per heavy atom. The molecule has 0 saturated heterocycles. The smallest absolute Gasteiger partial charge is 0.247 e. The van der Waals surface area contributed by atoms with Crippen molar-refractivity contribution < 1.29 is 4.43 Å². The molecule has 2 aromatic heterocycles. The molecule has 96 valence electrons. The largest absolute Gasteiger partial charge is 0.531 e. The maximum Gasteiger partial charge on any atom is 0.247 e. The van der Waals surface area contributed by atoms with Crippen LogP contribution in [-0.2, 0) is 0 Å². The van der Waals surface area contributed by atoms with Crippen LogP contribution in [0.1, 0.15) is 0 Å². The van der Waals surface area contributed by atoms with E-state index in [4.69, 9.17) is 4.43 Å². The molecule has 0 radical (unpaired) electrons. The van der Waals surface area contributed by atoms with Crippen LogP contribution in [0.25, 0.3) is 0 Å². The average molecular weight is 262 g/mol. The molecule has 2 rings (SSSR count). The van der Waals surface area contributed by atoms with Crippen molar-refractivity contribution in [1.82, 2.24) is 9.97 Å². The number of hydrogen-bond donors (Lipinski definition) is 1. The van der Waals surface area contributed by atoms with E-state index in [-0.39, 0.29) is 5.56 Å². The predicted molar refractivity (Wildman–Crippen MR) is 75.3 cm³/mol. The Labute approximate surface area is 108 Å². The summed E-state index contributed by atoms with van der Waals surface area (Å²) in [5.41, 5.74) is -0.0532. The number of rotatable bonds is 2. The Morgan fingerprint density at radius 2 is 1.83 bits per heavy atom. The third kappa shape index (κ3) is 6.65. The van der Waals surface area contributed by atoms with Crippen molar-refractivity contribution in [3.8, 4) is 5.88 Å². The van der Waals surface area contributed by atoms with E-state index in [2.05, 4.69) is 29.6 Å². The maximum absolute atomic E-state index is 10.2. The molecule has 1 N–H and O–H groups in total. The van der Waals surface area contributed by atoms with Crippen LogP contribution in [0.3, 0.4) is 0 Å². The second-order valence-corrected chi connectivity index (χ2v) is 9.04. The van der Waals surface area contributed by atoms with Gasteiger partial charge in [-0.05, 0) is 37.8 Å². The maximum atomic E-state index is 10.2. The van der Waals surface area contributed by atoms with Gasteiger partial charge in [0.1, 0.15) is 0 Å². The van der Waals surface area contributed by atoms with Crippen LogP contribution in [0.15, 0.2) is 53.6 Å². The zero-order valence-corrected chi connectivity index (χ0v) is 11.9. The zero-order chi connectivity index (χ0) is 13.4. The van der Waals surface area contributed by atoms with E-state index in [1.807, 2.05) is 18.2 Å². The zero-order valence-electron chi connectivity index (χ0n) is 10.9. The standard InChI is InChI=1S/C8H13NOSi.C5H5NO/c1-11(2,3)10-8-6-4-5-7-9-8;7-5-3-1-2-4-6-5/h4-7H,1-3H3;1-4H,(H,6,7). The minimum Gasteiger partial charge on any atom is -0.531 e. The van der Waals surface area contributed by atoms with Gasteiger partial charge in [-0.15, -0.1) is 0 Å². The number of hydrogen-bond acceptors (Lipinski definition) is 3. The van der Waals surface area contributed by atoms with Crippen molar-refractivity contribution in [2.75, 3.05) is 0 Å². The number of aromatic amines is 1. The molecule has 4 nitrogen and oxygen atoms in total. The summed E-state index contributed by atoms with van der Waals surface area (Å²) in [6.45, 7) is 6.42. The molecular formula is C13H18N2O2Si. The first-order valence-electron chi connectivity index (χ1n) is 5.71. The topological polar surface area (TPSA) is 55.0 Å². The first-order valence-corrected chi connectivity index (χ1v) is 9.12. The van der Waals surface area contributed by atoms with E-state index in [0.717, 1.165) is 5.88 Å². The lowest BCUT2D eigenvalue weighted by atomic mass is 10.5. The summed E-state index contributed by atoms with van der Waals surface area (Å²) in [5, 5.41) is 0. The number of nitrogens with zero attached hydrogens (tertiary/aromatic N) is 1. The highest BCUT2D eigenvalue weighted by Gasteiger charge is 2.16. The minimum atomic E-state index is -1.46. The molecule has 0 atom stereocenters. The summed E-state index contributed by atoms with van der Waals surface area (Å²) in [6.07, 6.45) is 3.35. The molecule has 0 aromatic carbocycles. The van der Waals surface area contributed by atoms with Gasteiger partial charge in [0, 0.05) is 18.5 Å². The third-order valence-electron chi connectivity index (χ3n) is 1.73. The molecule has 0 aliphatic heterocycles. The van der Waals surface area contributed by atoms with Crippen molar-refractivity contribution in [1.29, 1.82) is 0 Å². The number of aromatic nitrogens is 2. The second-order valence-electron chi connectivity index (χ2n) is 4.61. The Hall–Kier alpha value is -1.88. The number of pyridine rings is 2. The lowest BCUT2D eigenvalue weighted by molar-refractivity contribution is 0.534. The summed E-state index contributed by atoms with van der Waals surface area (Å²) in [7, 11) is -1.46. The van der Waals surface area contributed by atoms with Crippen LogP contribution in [0.5, 0.6) is 5.88 Å². The summed E-state index contributed by atoms with van der Waals surface area (Å²) < 4.78 is 5.63. The Balaban J connectivity index is 0.000000199. The predicted octanol–water partition coefficient (Wildman–Crippen LogP) is 2.67. The van der Waals surface area contributed by atoms with E-state index in [0.29, 0.717) is 0 Å². The monoisotopic (exact) mass is 262 g/mol. The molecule has 0 fully saturated rings.